The SMILES string of the molecule is Cc1ncc(CN2CCC[C@H](CNC(=O)c3cccc4ccccc34)C2)s1. The summed E-state index contributed by atoms with van der Waals surface area (Å²) in [6, 6.07) is 14.0. The van der Waals surface area contributed by atoms with Crippen molar-refractivity contribution in [1.29, 1.82) is 0 Å². The molecule has 1 aliphatic heterocycles. The van der Waals surface area contributed by atoms with E-state index in [1.807, 2.05) is 48.7 Å². The van der Waals surface area contributed by atoms with Gasteiger partial charge < -0.3 is 5.32 Å². The summed E-state index contributed by atoms with van der Waals surface area (Å²) >= 11 is 1.78. The lowest BCUT2D eigenvalue weighted by Crippen LogP contribution is -2.40. The van der Waals surface area contributed by atoms with Gasteiger partial charge in [-0.15, -0.1) is 11.3 Å². The molecule has 140 valence electrons. The summed E-state index contributed by atoms with van der Waals surface area (Å²) in [6.45, 7) is 5.92. The average molecular weight is 380 g/mol. The lowest BCUT2D eigenvalue weighted by atomic mass is 9.97. The Kier molecular flexibility index (Phi) is 5.50. The van der Waals surface area contributed by atoms with Gasteiger partial charge in [-0.2, -0.15) is 0 Å². The maximum absolute atomic E-state index is 12.7. The molecule has 1 N–H and O–H groups in total. The Balaban J connectivity index is 1.35. The second-order valence-corrected chi connectivity index (χ2v) is 8.65. The van der Waals surface area contributed by atoms with Crippen molar-refractivity contribution < 1.29 is 4.79 Å². The van der Waals surface area contributed by atoms with E-state index in [-0.39, 0.29) is 5.91 Å². The number of nitrogens with zero attached hydrogens (tertiary/aromatic N) is 2. The van der Waals surface area contributed by atoms with Crippen molar-refractivity contribution in [3.63, 3.8) is 0 Å². The molecule has 1 aliphatic rings. The third-order valence-corrected chi connectivity index (χ3v) is 6.13. The number of amides is 1. The fourth-order valence-corrected chi connectivity index (χ4v) is 4.75. The summed E-state index contributed by atoms with van der Waals surface area (Å²) in [5.41, 5.74) is 0.765. The van der Waals surface area contributed by atoms with Crippen LogP contribution < -0.4 is 5.32 Å². The number of aromatic nitrogens is 1. The van der Waals surface area contributed by atoms with E-state index in [1.54, 1.807) is 11.3 Å². The molecule has 0 aliphatic carbocycles. The minimum Gasteiger partial charge on any atom is -0.352 e. The quantitative estimate of drug-likeness (QED) is 0.721. The van der Waals surface area contributed by atoms with Gasteiger partial charge in [-0.25, -0.2) is 4.98 Å². The molecule has 1 aromatic heterocycles. The van der Waals surface area contributed by atoms with E-state index in [0.29, 0.717) is 5.92 Å². The Morgan fingerprint density at radius 1 is 1.26 bits per heavy atom. The maximum atomic E-state index is 12.7. The first-order valence-corrected chi connectivity index (χ1v) is 10.4. The Morgan fingerprint density at radius 2 is 2.11 bits per heavy atom. The molecule has 3 aromatic rings. The molecule has 5 heteroatoms. The number of aryl methyl sites for hydroxylation is 1. The third kappa shape index (κ3) is 4.37. The summed E-state index contributed by atoms with van der Waals surface area (Å²) in [5, 5.41) is 6.42. The first kappa shape index (κ1) is 18.1. The van der Waals surface area contributed by atoms with Crippen LogP contribution in [0.1, 0.15) is 33.1 Å². The van der Waals surface area contributed by atoms with E-state index < -0.39 is 0 Å². The van der Waals surface area contributed by atoms with Gasteiger partial charge in [0.05, 0.1) is 5.01 Å². The number of carbonyl (C=O) groups excluding carboxylic acids is 1. The average Bonchev–Trinajstić information content (AvgIpc) is 3.10. The van der Waals surface area contributed by atoms with Crippen LogP contribution in [0, 0.1) is 12.8 Å². The first-order valence-electron chi connectivity index (χ1n) is 9.58. The summed E-state index contributed by atoms with van der Waals surface area (Å²) in [6.07, 6.45) is 4.35. The zero-order chi connectivity index (χ0) is 18.6. The van der Waals surface area contributed by atoms with Gasteiger partial charge in [-0.3, -0.25) is 9.69 Å². The van der Waals surface area contributed by atoms with Crippen molar-refractivity contribution in [2.75, 3.05) is 19.6 Å². The van der Waals surface area contributed by atoms with Crippen LogP contribution in [-0.2, 0) is 6.54 Å². The van der Waals surface area contributed by atoms with Crippen LogP contribution in [0.3, 0.4) is 0 Å². The predicted molar refractivity (Wildman–Crippen MR) is 111 cm³/mol. The topological polar surface area (TPSA) is 45.2 Å². The molecule has 4 rings (SSSR count). The van der Waals surface area contributed by atoms with Crippen LogP contribution in [-0.4, -0.2) is 35.4 Å². The number of likely N-dealkylation sites (tertiary alicyclic amines) is 1. The monoisotopic (exact) mass is 379 g/mol. The number of nitrogens with one attached hydrogen (secondary N) is 1. The summed E-state index contributed by atoms with van der Waals surface area (Å²) in [7, 11) is 0. The van der Waals surface area contributed by atoms with Crippen molar-refractivity contribution in [3.05, 3.63) is 64.1 Å². The lowest BCUT2D eigenvalue weighted by Gasteiger charge is -2.32. The second kappa shape index (κ2) is 8.19. The maximum Gasteiger partial charge on any atom is 0.251 e. The van der Waals surface area contributed by atoms with Crippen LogP contribution >= 0.6 is 11.3 Å². The number of thiazole rings is 1. The Hall–Kier alpha value is -2.24. The fraction of sp³-hybridized carbons (Fsp3) is 0.364. The summed E-state index contributed by atoms with van der Waals surface area (Å²) < 4.78 is 0. The number of benzene rings is 2. The van der Waals surface area contributed by atoms with Crippen molar-refractivity contribution in [1.82, 2.24) is 15.2 Å². The van der Waals surface area contributed by atoms with Crippen molar-refractivity contribution in [3.8, 4) is 0 Å². The zero-order valence-electron chi connectivity index (χ0n) is 15.6. The van der Waals surface area contributed by atoms with Gasteiger partial charge in [0, 0.05) is 36.3 Å². The number of piperidine rings is 1. The van der Waals surface area contributed by atoms with Gasteiger partial charge in [-0.1, -0.05) is 36.4 Å². The second-order valence-electron chi connectivity index (χ2n) is 7.33. The molecule has 27 heavy (non-hydrogen) atoms. The number of rotatable bonds is 5. The molecular formula is C22H25N3OS. The highest BCUT2D eigenvalue weighted by Crippen LogP contribution is 2.22. The van der Waals surface area contributed by atoms with E-state index in [4.69, 9.17) is 0 Å². The highest BCUT2D eigenvalue weighted by molar-refractivity contribution is 7.11. The molecule has 2 aromatic carbocycles. The van der Waals surface area contributed by atoms with Crippen molar-refractivity contribution in [2.24, 2.45) is 5.92 Å². The molecule has 0 saturated carbocycles. The normalized spacial score (nSPS) is 17.9. The molecule has 1 saturated heterocycles. The Labute approximate surface area is 164 Å². The summed E-state index contributed by atoms with van der Waals surface area (Å²) in [4.78, 5) is 20.9. The Bertz CT molecular complexity index is 931. The van der Waals surface area contributed by atoms with Crippen LogP contribution in [0.5, 0.6) is 0 Å². The Morgan fingerprint density at radius 3 is 2.96 bits per heavy atom. The number of carbonyl (C=O) groups is 1. The molecule has 1 atom stereocenters. The van der Waals surface area contributed by atoms with Gasteiger partial charge in [0.25, 0.3) is 5.91 Å². The molecule has 4 nitrogen and oxygen atoms in total. The first-order chi connectivity index (χ1) is 13.2. The molecule has 1 amide bonds. The van der Waals surface area contributed by atoms with Crippen molar-refractivity contribution in [2.45, 2.75) is 26.3 Å². The van der Waals surface area contributed by atoms with Crippen LogP contribution in [0.2, 0.25) is 0 Å². The number of hydrogen-bond acceptors (Lipinski definition) is 4. The molecule has 0 radical (unpaired) electrons. The number of fused-ring (bicyclic) bond motifs is 1. The fourth-order valence-electron chi connectivity index (χ4n) is 3.92. The van der Waals surface area contributed by atoms with E-state index >= 15 is 0 Å². The largest absolute Gasteiger partial charge is 0.352 e. The van der Waals surface area contributed by atoms with Crippen LogP contribution in [0.25, 0.3) is 10.8 Å². The summed E-state index contributed by atoms with van der Waals surface area (Å²) in [5.74, 6) is 0.536. The number of hydrogen-bond donors (Lipinski definition) is 1. The van der Waals surface area contributed by atoms with Gasteiger partial charge in [-0.05, 0) is 49.1 Å². The molecule has 0 spiro atoms. The van der Waals surface area contributed by atoms with E-state index in [1.165, 1.54) is 17.7 Å². The highest BCUT2D eigenvalue weighted by Gasteiger charge is 2.21. The molecular weight excluding hydrogens is 354 g/mol. The lowest BCUT2D eigenvalue weighted by molar-refractivity contribution is 0.0932. The van der Waals surface area contributed by atoms with E-state index in [2.05, 4.69) is 22.1 Å². The third-order valence-electron chi connectivity index (χ3n) is 5.24. The molecule has 0 unspecified atom stereocenters. The zero-order valence-corrected chi connectivity index (χ0v) is 16.5. The van der Waals surface area contributed by atoms with E-state index in [0.717, 1.165) is 47.5 Å². The van der Waals surface area contributed by atoms with Gasteiger partial charge in [0.2, 0.25) is 0 Å². The molecule has 2 heterocycles. The van der Waals surface area contributed by atoms with Crippen LogP contribution in [0.15, 0.2) is 48.7 Å². The van der Waals surface area contributed by atoms with Gasteiger partial charge >= 0.3 is 0 Å². The van der Waals surface area contributed by atoms with Gasteiger partial charge in [0.15, 0.2) is 0 Å². The molecule has 1 fully saturated rings. The molecule has 0 bridgehead atoms. The van der Waals surface area contributed by atoms with Gasteiger partial charge in [0.1, 0.15) is 0 Å². The van der Waals surface area contributed by atoms with Crippen LogP contribution in [0.4, 0.5) is 0 Å². The predicted octanol–water partition coefficient (Wildman–Crippen LogP) is 4.25. The standard InChI is InChI=1S/C22H25N3OS/c1-16-23-13-19(27-16)15-25-11-5-6-17(14-25)12-24-22(26)21-10-4-8-18-7-2-3-9-20(18)21/h2-4,7-10,13,17H,5-6,11-12,14-15H2,1H3,(H,24,26)/t17-/m1/s1. The minimum atomic E-state index is 0.0296. The minimum absolute atomic E-state index is 0.0296. The van der Waals surface area contributed by atoms with Crippen molar-refractivity contribution >= 4 is 28.0 Å². The smallest absolute Gasteiger partial charge is 0.251 e. The van der Waals surface area contributed by atoms with E-state index in [9.17, 15) is 4.79 Å². The highest BCUT2D eigenvalue weighted by atomic mass is 32.1.